The number of benzene rings is 1. The first-order valence-corrected chi connectivity index (χ1v) is 6.97. The number of rotatable bonds is 4. The fraction of sp³-hybridized carbons (Fsp3) is 0.625. The smallest absolute Gasteiger partial charge is 0.0507 e. The van der Waals surface area contributed by atoms with Crippen LogP contribution in [0, 0.1) is 26.7 Å². The summed E-state index contributed by atoms with van der Waals surface area (Å²) in [6.07, 6.45) is 1.20. The maximum Gasteiger partial charge on any atom is 0.0507 e. The van der Waals surface area contributed by atoms with Gasteiger partial charge in [-0.3, -0.25) is 0 Å². The molecule has 2 atom stereocenters. The van der Waals surface area contributed by atoms with Crippen LogP contribution in [0.1, 0.15) is 41.6 Å². The Kier molecular flexibility index (Phi) is 4.41. The van der Waals surface area contributed by atoms with E-state index in [4.69, 9.17) is 4.74 Å². The van der Waals surface area contributed by atoms with Crippen LogP contribution < -0.4 is 5.32 Å². The second kappa shape index (κ2) is 5.85. The molecular formula is C16H25NO. The summed E-state index contributed by atoms with van der Waals surface area (Å²) in [7, 11) is 0. The largest absolute Gasteiger partial charge is 0.381 e. The first-order valence-electron chi connectivity index (χ1n) is 6.97. The normalized spacial score (nSPS) is 21.2. The van der Waals surface area contributed by atoms with Crippen LogP contribution in [0.3, 0.4) is 0 Å². The van der Waals surface area contributed by atoms with E-state index < -0.39 is 0 Å². The van der Waals surface area contributed by atoms with Gasteiger partial charge in [-0.1, -0.05) is 17.7 Å². The molecule has 0 amide bonds. The Bertz CT molecular complexity index is 385. The van der Waals surface area contributed by atoms with Gasteiger partial charge < -0.3 is 10.1 Å². The summed E-state index contributed by atoms with van der Waals surface area (Å²) in [5.74, 6) is 0.693. The van der Waals surface area contributed by atoms with Crippen molar-refractivity contribution in [2.75, 3.05) is 19.8 Å². The second-order valence-electron chi connectivity index (χ2n) is 5.67. The van der Waals surface area contributed by atoms with Crippen molar-refractivity contribution in [3.05, 3.63) is 34.4 Å². The first kappa shape index (κ1) is 13.6. The Morgan fingerprint density at radius 1 is 1.28 bits per heavy atom. The number of aryl methyl sites for hydroxylation is 3. The van der Waals surface area contributed by atoms with Crippen molar-refractivity contribution >= 4 is 0 Å². The molecule has 1 heterocycles. The number of hydrogen-bond donors (Lipinski definition) is 1. The quantitative estimate of drug-likeness (QED) is 0.881. The summed E-state index contributed by atoms with van der Waals surface area (Å²) in [5.41, 5.74) is 5.61. The van der Waals surface area contributed by atoms with Crippen LogP contribution in [0.15, 0.2) is 12.1 Å². The van der Waals surface area contributed by atoms with Gasteiger partial charge in [0.2, 0.25) is 0 Å². The van der Waals surface area contributed by atoms with Crippen molar-refractivity contribution in [1.29, 1.82) is 0 Å². The van der Waals surface area contributed by atoms with Crippen molar-refractivity contribution in [3.63, 3.8) is 0 Å². The number of ether oxygens (including phenoxy) is 1. The van der Waals surface area contributed by atoms with E-state index in [1.807, 2.05) is 0 Å². The van der Waals surface area contributed by atoms with Crippen LogP contribution in [0.2, 0.25) is 0 Å². The molecule has 1 aromatic carbocycles. The minimum Gasteiger partial charge on any atom is -0.381 e. The summed E-state index contributed by atoms with van der Waals surface area (Å²) < 4.78 is 5.42. The molecule has 1 aromatic rings. The van der Waals surface area contributed by atoms with Crippen LogP contribution in [-0.4, -0.2) is 19.8 Å². The number of hydrogen-bond acceptors (Lipinski definition) is 2. The molecule has 1 aliphatic heterocycles. The molecule has 2 rings (SSSR count). The number of nitrogens with one attached hydrogen (secondary N) is 1. The first-order chi connectivity index (χ1) is 8.58. The summed E-state index contributed by atoms with van der Waals surface area (Å²) >= 11 is 0. The lowest BCUT2D eigenvalue weighted by molar-refractivity contribution is 0.184. The van der Waals surface area contributed by atoms with E-state index in [1.165, 1.54) is 28.7 Å². The molecule has 1 fully saturated rings. The van der Waals surface area contributed by atoms with Crippen LogP contribution >= 0.6 is 0 Å². The topological polar surface area (TPSA) is 21.3 Å². The Labute approximate surface area is 111 Å². The lowest BCUT2D eigenvalue weighted by atomic mass is 9.94. The van der Waals surface area contributed by atoms with E-state index >= 15 is 0 Å². The van der Waals surface area contributed by atoms with Gasteiger partial charge >= 0.3 is 0 Å². The van der Waals surface area contributed by atoms with Gasteiger partial charge in [0.15, 0.2) is 0 Å². The molecule has 0 aliphatic carbocycles. The average molecular weight is 247 g/mol. The zero-order valence-corrected chi connectivity index (χ0v) is 12.0. The van der Waals surface area contributed by atoms with Gasteiger partial charge in [0.1, 0.15) is 0 Å². The SMILES string of the molecule is Cc1cc(C)c(C(C)NCC2CCOC2)c(C)c1. The fourth-order valence-corrected chi connectivity index (χ4v) is 3.06. The molecule has 2 heteroatoms. The second-order valence-corrected chi connectivity index (χ2v) is 5.67. The van der Waals surface area contributed by atoms with Gasteiger partial charge in [0.25, 0.3) is 0 Å². The van der Waals surface area contributed by atoms with Crippen LogP contribution in [0.4, 0.5) is 0 Å². The van der Waals surface area contributed by atoms with Gasteiger partial charge in [-0.25, -0.2) is 0 Å². The van der Waals surface area contributed by atoms with Crippen LogP contribution in [0.5, 0.6) is 0 Å². The molecule has 2 nitrogen and oxygen atoms in total. The maximum atomic E-state index is 5.42. The summed E-state index contributed by atoms with van der Waals surface area (Å²) in [5, 5.41) is 3.66. The molecule has 100 valence electrons. The maximum absolute atomic E-state index is 5.42. The average Bonchev–Trinajstić information content (AvgIpc) is 2.77. The van der Waals surface area contributed by atoms with Crippen molar-refractivity contribution in [3.8, 4) is 0 Å². The Morgan fingerprint density at radius 2 is 1.94 bits per heavy atom. The Hall–Kier alpha value is -0.860. The molecule has 0 aromatic heterocycles. The van der Waals surface area contributed by atoms with E-state index in [9.17, 15) is 0 Å². The van der Waals surface area contributed by atoms with Gasteiger partial charge in [-0.05, 0) is 56.7 Å². The van der Waals surface area contributed by atoms with Gasteiger partial charge in [-0.15, -0.1) is 0 Å². The van der Waals surface area contributed by atoms with Crippen molar-refractivity contribution < 1.29 is 4.74 Å². The zero-order valence-electron chi connectivity index (χ0n) is 12.0. The fourth-order valence-electron chi connectivity index (χ4n) is 3.06. The van der Waals surface area contributed by atoms with Crippen LogP contribution in [-0.2, 0) is 4.74 Å². The summed E-state index contributed by atoms with van der Waals surface area (Å²) in [6, 6.07) is 4.98. The summed E-state index contributed by atoms with van der Waals surface area (Å²) in [6.45, 7) is 11.8. The highest BCUT2D eigenvalue weighted by Crippen LogP contribution is 2.24. The third kappa shape index (κ3) is 3.12. The van der Waals surface area contributed by atoms with E-state index in [-0.39, 0.29) is 0 Å². The third-order valence-electron chi connectivity index (χ3n) is 3.91. The highest BCUT2D eigenvalue weighted by molar-refractivity contribution is 5.39. The molecule has 2 unspecified atom stereocenters. The Balaban J connectivity index is 2.01. The Morgan fingerprint density at radius 3 is 2.50 bits per heavy atom. The minimum absolute atomic E-state index is 0.422. The van der Waals surface area contributed by atoms with E-state index in [0.717, 1.165) is 19.8 Å². The van der Waals surface area contributed by atoms with Crippen molar-refractivity contribution in [2.45, 2.75) is 40.2 Å². The van der Waals surface area contributed by atoms with Gasteiger partial charge in [0.05, 0.1) is 6.61 Å². The van der Waals surface area contributed by atoms with Crippen molar-refractivity contribution in [1.82, 2.24) is 5.32 Å². The van der Waals surface area contributed by atoms with Gasteiger partial charge in [-0.2, -0.15) is 0 Å². The lowest BCUT2D eigenvalue weighted by Crippen LogP contribution is -2.27. The molecule has 0 bridgehead atoms. The van der Waals surface area contributed by atoms with E-state index in [0.29, 0.717) is 12.0 Å². The molecule has 18 heavy (non-hydrogen) atoms. The molecule has 0 spiro atoms. The standard InChI is InChI=1S/C16H25NO/c1-11-7-12(2)16(13(3)8-11)14(4)17-9-15-5-6-18-10-15/h7-8,14-15,17H,5-6,9-10H2,1-4H3. The zero-order chi connectivity index (χ0) is 13.1. The van der Waals surface area contributed by atoms with Crippen LogP contribution in [0.25, 0.3) is 0 Å². The minimum atomic E-state index is 0.422. The van der Waals surface area contributed by atoms with Crippen molar-refractivity contribution in [2.24, 2.45) is 5.92 Å². The molecule has 1 N–H and O–H groups in total. The van der Waals surface area contributed by atoms with Gasteiger partial charge in [0, 0.05) is 19.2 Å². The highest BCUT2D eigenvalue weighted by atomic mass is 16.5. The monoisotopic (exact) mass is 247 g/mol. The predicted molar refractivity (Wildman–Crippen MR) is 76.0 cm³/mol. The lowest BCUT2D eigenvalue weighted by Gasteiger charge is -2.21. The summed E-state index contributed by atoms with van der Waals surface area (Å²) in [4.78, 5) is 0. The predicted octanol–water partition coefficient (Wildman–Crippen LogP) is 3.30. The third-order valence-corrected chi connectivity index (χ3v) is 3.91. The molecular weight excluding hydrogens is 222 g/mol. The van der Waals surface area contributed by atoms with E-state index in [1.54, 1.807) is 0 Å². The molecule has 0 radical (unpaired) electrons. The highest BCUT2D eigenvalue weighted by Gasteiger charge is 2.18. The van der Waals surface area contributed by atoms with E-state index in [2.05, 4.69) is 45.1 Å². The molecule has 1 saturated heterocycles. The molecule has 0 saturated carbocycles. The molecule has 1 aliphatic rings.